The van der Waals surface area contributed by atoms with Gasteiger partial charge >= 0.3 is 0 Å². The Morgan fingerprint density at radius 2 is 2.08 bits per heavy atom. The molecular formula is C28H30ClN5O6. The zero-order chi connectivity index (χ0) is 28.6. The minimum Gasteiger partial charge on any atom is -0.476 e. The number of nitro groups is 1. The van der Waals surface area contributed by atoms with Gasteiger partial charge in [0.05, 0.1) is 28.4 Å². The molecule has 1 aromatic carbocycles. The molecule has 1 saturated carbocycles. The number of halogens is 1. The summed E-state index contributed by atoms with van der Waals surface area (Å²) in [6, 6.07) is 6.37. The van der Waals surface area contributed by atoms with Crippen LogP contribution in [0.25, 0.3) is 0 Å². The van der Waals surface area contributed by atoms with E-state index < -0.39 is 22.0 Å². The fourth-order valence-corrected chi connectivity index (χ4v) is 6.87. The lowest BCUT2D eigenvalue weighted by atomic mass is 9.57. The molecule has 2 fully saturated rings. The Morgan fingerprint density at radius 3 is 2.80 bits per heavy atom. The molecule has 4 atom stereocenters. The molecule has 0 radical (unpaired) electrons. The van der Waals surface area contributed by atoms with Crippen molar-refractivity contribution in [2.24, 2.45) is 5.92 Å². The lowest BCUT2D eigenvalue weighted by molar-refractivity contribution is -0.385. The van der Waals surface area contributed by atoms with Crippen molar-refractivity contribution in [2.75, 3.05) is 27.3 Å². The van der Waals surface area contributed by atoms with Crippen LogP contribution < -0.4 is 4.74 Å². The summed E-state index contributed by atoms with van der Waals surface area (Å²) in [4.78, 5) is 49.5. The van der Waals surface area contributed by atoms with E-state index in [-0.39, 0.29) is 52.6 Å². The van der Waals surface area contributed by atoms with Crippen molar-refractivity contribution in [3.05, 3.63) is 56.0 Å². The fourth-order valence-electron chi connectivity index (χ4n) is 6.69. The largest absolute Gasteiger partial charge is 0.476 e. The van der Waals surface area contributed by atoms with Gasteiger partial charge in [0.15, 0.2) is 5.78 Å². The molecule has 2 unspecified atom stereocenters. The predicted molar refractivity (Wildman–Crippen MR) is 143 cm³/mol. The maximum Gasteiger partial charge on any atom is 0.287 e. The number of hydrogen-bond acceptors (Lipinski definition) is 10. The number of nitriles is 1. The molecular weight excluding hydrogens is 538 g/mol. The summed E-state index contributed by atoms with van der Waals surface area (Å²) in [5.74, 6) is -2.06. The molecule has 3 aliphatic rings. The van der Waals surface area contributed by atoms with Gasteiger partial charge < -0.3 is 9.47 Å². The molecule has 2 heterocycles. The number of benzene rings is 1. The van der Waals surface area contributed by atoms with E-state index in [1.807, 2.05) is 13.1 Å². The van der Waals surface area contributed by atoms with Crippen molar-refractivity contribution in [1.29, 1.82) is 5.26 Å². The van der Waals surface area contributed by atoms with E-state index in [2.05, 4.69) is 14.9 Å². The Balaban J connectivity index is 1.44. The summed E-state index contributed by atoms with van der Waals surface area (Å²) in [7, 11) is 3.64. The number of nitrogens with zero attached hydrogens (tertiary/aromatic N) is 5. The average Bonchev–Trinajstić information content (AvgIpc) is 3.31. The molecule has 0 amide bonds. The number of carbonyl (C=O) groups is 2. The Morgan fingerprint density at radius 1 is 1.30 bits per heavy atom. The molecule has 1 spiro atoms. The minimum absolute atomic E-state index is 0.00225. The van der Waals surface area contributed by atoms with Crippen molar-refractivity contribution in [1.82, 2.24) is 14.9 Å². The average molecular weight is 568 g/mol. The van der Waals surface area contributed by atoms with Gasteiger partial charge in [-0.2, -0.15) is 10.2 Å². The number of ether oxygens (including phenoxy) is 2. The van der Waals surface area contributed by atoms with Crippen LogP contribution in [0.3, 0.4) is 0 Å². The van der Waals surface area contributed by atoms with Crippen LogP contribution in [0.5, 0.6) is 5.88 Å². The van der Waals surface area contributed by atoms with Crippen molar-refractivity contribution in [3.8, 4) is 11.9 Å². The number of likely N-dealkylation sites (N-methyl/N-ethyl adjacent to an activating group) is 1. The van der Waals surface area contributed by atoms with Crippen LogP contribution in [0.2, 0.25) is 5.15 Å². The van der Waals surface area contributed by atoms with E-state index >= 15 is 0 Å². The van der Waals surface area contributed by atoms with Gasteiger partial charge in [-0.15, -0.1) is 0 Å². The van der Waals surface area contributed by atoms with Gasteiger partial charge in [0.1, 0.15) is 23.4 Å². The summed E-state index contributed by atoms with van der Waals surface area (Å²) >= 11 is 6.24. The molecule has 1 saturated heterocycles. The second kappa shape index (κ2) is 11.2. The number of carbonyl (C=O) groups excluding carboxylic acids is 2. The molecule has 40 heavy (non-hydrogen) atoms. The number of Topliss-reactive ketones (excluding diaryl/α,β-unsaturated/α-hetero) is 2. The van der Waals surface area contributed by atoms with Crippen LogP contribution in [0.15, 0.2) is 18.2 Å². The number of methoxy groups -OCH3 is 1. The summed E-state index contributed by atoms with van der Waals surface area (Å²) in [6.07, 6.45) is 3.82. The van der Waals surface area contributed by atoms with Gasteiger partial charge in [-0.3, -0.25) is 24.6 Å². The van der Waals surface area contributed by atoms with E-state index in [0.29, 0.717) is 44.1 Å². The predicted octanol–water partition coefficient (Wildman–Crippen LogP) is 3.83. The zero-order valence-corrected chi connectivity index (χ0v) is 23.1. The molecule has 1 aliphatic heterocycles. The molecule has 2 aliphatic carbocycles. The summed E-state index contributed by atoms with van der Waals surface area (Å²) < 4.78 is 11.5. The molecule has 5 rings (SSSR count). The van der Waals surface area contributed by atoms with Gasteiger partial charge in [0, 0.05) is 25.8 Å². The van der Waals surface area contributed by atoms with E-state index in [1.54, 1.807) is 13.2 Å². The first kappa shape index (κ1) is 28.1. The highest BCUT2D eigenvalue weighted by Gasteiger charge is 2.52. The smallest absolute Gasteiger partial charge is 0.287 e. The molecule has 11 nitrogen and oxygen atoms in total. The van der Waals surface area contributed by atoms with Crippen molar-refractivity contribution in [3.63, 3.8) is 0 Å². The molecule has 2 aromatic rings. The van der Waals surface area contributed by atoms with Gasteiger partial charge in [-0.1, -0.05) is 24.1 Å². The monoisotopic (exact) mass is 567 g/mol. The quantitative estimate of drug-likeness (QED) is 0.159. The maximum atomic E-state index is 14.2. The highest BCUT2D eigenvalue weighted by Crippen LogP contribution is 2.50. The number of aromatic nitrogens is 2. The molecule has 12 heteroatoms. The highest BCUT2D eigenvalue weighted by atomic mass is 35.5. The van der Waals surface area contributed by atoms with Crippen molar-refractivity contribution < 1.29 is 24.0 Å². The number of rotatable bonds is 7. The Bertz CT molecular complexity index is 1410. The first-order chi connectivity index (χ1) is 19.2. The topological polar surface area (TPSA) is 149 Å². The lowest BCUT2D eigenvalue weighted by Crippen LogP contribution is -2.48. The fraction of sp³-hybridized carbons (Fsp3) is 0.536. The van der Waals surface area contributed by atoms with Crippen LogP contribution in [0.4, 0.5) is 5.69 Å². The van der Waals surface area contributed by atoms with Crippen molar-refractivity contribution >= 4 is 28.9 Å². The minimum atomic E-state index is -1.15. The third-order valence-electron chi connectivity index (χ3n) is 8.67. The van der Waals surface area contributed by atoms with Crippen LogP contribution in [-0.4, -0.2) is 70.8 Å². The van der Waals surface area contributed by atoms with Gasteiger partial charge in [-0.05, 0) is 56.7 Å². The molecule has 210 valence electrons. The van der Waals surface area contributed by atoms with E-state index in [9.17, 15) is 25.0 Å². The Kier molecular flexibility index (Phi) is 7.86. The lowest BCUT2D eigenvalue weighted by Gasteiger charge is -2.43. The van der Waals surface area contributed by atoms with E-state index in [1.165, 1.54) is 12.1 Å². The van der Waals surface area contributed by atoms with E-state index in [0.717, 1.165) is 18.5 Å². The van der Waals surface area contributed by atoms with Gasteiger partial charge in [-0.25, -0.2) is 4.98 Å². The first-order valence-electron chi connectivity index (χ1n) is 13.4. The van der Waals surface area contributed by atoms with Crippen LogP contribution in [-0.2, 0) is 21.4 Å². The summed E-state index contributed by atoms with van der Waals surface area (Å²) in [5.41, 5.74) is -0.418. The number of ketones is 2. The van der Waals surface area contributed by atoms with Gasteiger partial charge in [0.25, 0.3) is 5.69 Å². The second-order valence-corrected chi connectivity index (χ2v) is 11.1. The first-order valence-corrected chi connectivity index (χ1v) is 13.8. The number of fused-ring (bicyclic) bond motifs is 2. The highest BCUT2D eigenvalue weighted by molar-refractivity contribution is 6.29. The molecule has 1 aromatic heterocycles. The third-order valence-corrected chi connectivity index (χ3v) is 8.86. The number of aryl methyl sites for hydroxylation is 1. The molecule has 0 N–H and O–H groups in total. The van der Waals surface area contributed by atoms with Gasteiger partial charge in [0.2, 0.25) is 17.5 Å². The Hall–Kier alpha value is -3.46. The summed E-state index contributed by atoms with van der Waals surface area (Å²) in [6.45, 7) is 1.14. The number of hydrogen-bond donors (Lipinski definition) is 0. The van der Waals surface area contributed by atoms with Crippen molar-refractivity contribution in [2.45, 2.75) is 62.5 Å². The second-order valence-electron chi connectivity index (χ2n) is 10.7. The van der Waals surface area contributed by atoms with E-state index in [4.69, 9.17) is 21.1 Å². The standard InChI is InChI=1S/C28H30ClN5O6/c1-33-12-9-21(39-2)20(33)15-40-23-13-22(29)31-27(32-23)25(35)17-6-4-11-28(26(17)36)10-3-5-16-7-8-19(34(37)38)18(14-30)24(16)28/h7-8,13,17,20-21H,3-6,9-12,15H2,1-2H3/t17?,20-,21+,28?/m1/s1. The number of likely N-dealkylation sites (tertiary alicyclic amines) is 1. The van der Waals surface area contributed by atoms with Crippen LogP contribution >= 0.6 is 11.6 Å². The third kappa shape index (κ3) is 4.85. The number of nitro benzene ring substituents is 1. The Labute approximate surface area is 236 Å². The van der Waals surface area contributed by atoms with Crippen LogP contribution in [0, 0.1) is 27.4 Å². The summed E-state index contributed by atoms with van der Waals surface area (Å²) in [5, 5.41) is 21.6. The zero-order valence-electron chi connectivity index (χ0n) is 22.4. The SMILES string of the molecule is CO[C@H]1CCN(C)[C@@H]1COc1cc(Cl)nc(C(=O)C2CCCC3(CCCc4ccc([N+](=O)[O-])c(C#N)c43)C2=O)n1. The molecule has 0 bridgehead atoms. The van der Waals surface area contributed by atoms with Crippen LogP contribution in [0.1, 0.15) is 65.8 Å². The normalized spacial score (nSPS) is 26.4. The maximum absolute atomic E-state index is 14.2.